The van der Waals surface area contributed by atoms with Crippen molar-refractivity contribution in [2.24, 2.45) is 0 Å². The molecule has 1 unspecified atom stereocenters. The normalized spacial score (nSPS) is 12.6. The van der Waals surface area contributed by atoms with Crippen molar-refractivity contribution < 1.29 is 9.84 Å². The molecule has 16 heavy (non-hydrogen) atoms. The van der Waals surface area contributed by atoms with Gasteiger partial charge in [0.2, 0.25) is 0 Å². The van der Waals surface area contributed by atoms with Gasteiger partial charge >= 0.3 is 0 Å². The van der Waals surface area contributed by atoms with Crippen molar-refractivity contribution in [3.8, 4) is 5.75 Å². The molecular formula is C13H21NO2. The Morgan fingerprint density at radius 2 is 1.94 bits per heavy atom. The minimum absolute atomic E-state index is 0.138. The number of aliphatic hydroxyl groups excluding tert-OH is 1. The number of nitrogens with one attached hydrogen (secondary N) is 1. The summed E-state index contributed by atoms with van der Waals surface area (Å²) in [5, 5.41) is 12.2. The van der Waals surface area contributed by atoms with Gasteiger partial charge in [0.05, 0.1) is 7.11 Å². The topological polar surface area (TPSA) is 41.5 Å². The van der Waals surface area contributed by atoms with Crippen LogP contribution in [0.25, 0.3) is 0 Å². The Morgan fingerprint density at radius 1 is 1.31 bits per heavy atom. The Morgan fingerprint density at radius 3 is 2.44 bits per heavy atom. The fourth-order valence-electron chi connectivity index (χ4n) is 1.85. The lowest BCUT2D eigenvalue weighted by molar-refractivity contribution is 0.267. The summed E-state index contributed by atoms with van der Waals surface area (Å²) in [7, 11) is 3.58. The molecule has 0 spiro atoms. The van der Waals surface area contributed by atoms with Crippen LogP contribution in [0.1, 0.15) is 29.2 Å². The second-order valence-electron chi connectivity index (χ2n) is 4.03. The summed E-state index contributed by atoms with van der Waals surface area (Å²) in [6, 6.07) is 4.32. The first-order valence-corrected chi connectivity index (χ1v) is 5.57. The van der Waals surface area contributed by atoms with Crippen LogP contribution >= 0.6 is 0 Å². The predicted molar refractivity (Wildman–Crippen MR) is 66.0 cm³/mol. The van der Waals surface area contributed by atoms with Crippen LogP contribution in [0.15, 0.2) is 12.1 Å². The molecule has 0 fully saturated rings. The fraction of sp³-hybridized carbons (Fsp3) is 0.538. The minimum Gasteiger partial charge on any atom is -0.496 e. The Hall–Kier alpha value is -1.06. The van der Waals surface area contributed by atoms with Crippen LogP contribution in [0.5, 0.6) is 5.75 Å². The Bertz CT molecular complexity index is 350. The lowest BCUT2D eigenvalue weighted by Crippen LogP contribution is -2.18. The smallest absolute Gasteiger partial charge is 0.123 e. The zero-order chi connectivity index (χ0) is 12.1. The van der Waals surface area contributed by atoms with Crippen molar-refractivity contribution in [1.82, 2.24) is 5.32 Å². The molecule has 0 aliphatic carbocycles. The Kier molecular flexibility index (Phi) is 4.77. The molecule has 0 saturated heterocycles. The maximum atomic E-state index is 9.04. The van der Waals surface area contributed by atoms with E-state index < -0.39 is 0 Å². The third-order valence-electron chi connectivity index (χ3n) is 2.99. The standard InChI is InChI=1S/C13H21NO2/c1-9-7-11(12(14-3)5-6-15)13(16-4)8-10(9)2/h7-8,12,14-15H,5-6H2,1-4H3. The van der Waals surface area contributed by atoms with Gasteiger partial charge in [-0.1, -0.05) is 6.07 Å². The monoisotopic (exact) mass is 223 g/mol. The third kappa shape index (κ3) is 2.74. The van der Waals surface area contributed by atoms with Crippen LogP contribution in [0.2, 0.25) is 0 Å². The van der Waals surface area contributed by atoms with E-state index in [1.54, 1.807) is 7.11 Å². The quantitative estimate of drug-likeness (QED) is 0.801. The van der Waals surface area contributed by atoms with E-state index >= 15 is 0 Å². The van der Waals surface area contributed by atoms with Gasteiger partial charge in [-0.25, -0.2) is 0 Å². The third-order valence-corrected chi connectivity index (χ3v) is 2.99. The maximum Gasteiger partial charge on any atom is 0.123 e. The van der Waals surface area contributed by atoms with E-state index in [1.807, 2.05) is 13.1 Å². The van der Waals surface area contributed by atoms with Gasteiger partial charge in [-0.05, 0) is 44.5 Å². The number of benzene rings is 1. The average molecular weight is 223 g/mol. The number of methoxy groups -OCH3 is 1. The maximum absolute atomic E-state index is 9.04. The molecule has 0 aliphatic heterocycles. The van der Waals surface area contributed by atoms with Gasteiger partial charge in [0.1, 0.15) is 5.75 Å². The SMILES string of the molecule is CNC(CCO)c1cc(C)c(C)cc1OC. The molecule has 1 aromatic carbocycles. The molecule has 0 amide bonds. The molecular weight excluding hydrogens is 202 g/mol. The summed E-state index contributed by atoms with van der Waals surface area (Å²) >= 11 is 0. The van der Waals surface area contributed by atoms with E-state index in [0.717, 1.165) is 11.3 Å². The second kappa shape index (κ2) is 5.87. The van der Waals surface area contributed by atoms with Gasteiger partial charge < -0.3 is 15.2 Å². The highest BCUT2D eigenvalue weighted by molar-refractivity contribution is 5.43. The molecule has 3 heteroatoms. The summed E-state index contributed by atoms with van der Waals surface area (Å²) < 4.78 is 5.39. The van der Waals surface area contributed by atoms with Crippen molar-refractivity contribution in [1.29, 1.82) is 0 Å². The van der Waals surface area contributed by atoms with Crippen molar-refractivity contribution in [3.05, 3.63) is 28.8 Å². The first-order valence-electron chi connectivity index (χ1n) is 5.57. The molecule has 3 nitrogen and oxygen atoms in total. The lowest BCUT2D eigenvalue weighted by Gasteiger charge is -2.20. The predicted octanol–water partition coefficient (Wildman–Crippen LogP) is 1.95. The summed E-state index contributed by atoms with van der Waals surface area (Å²) in [6.45, 7) is 4.33. The van der Waals surface area contributed by atoms with Crippen LogP contribution in [-0.4, -0.2) is 25.9 Å². The number of hydrogen-bond acceptors (Lipinski definition) is 3. The van der Waals surface area contributed by atoms with Crippen LogP contribution in [0, 0.1) is 13.8 Å². The molecule has 0 heterocycles. The summed E-state index contributed by atoms with van der Waals surface area (Å²) in [4.78, 5) is 0. The van der Waals surface area contributed by atoms with Crippen molar-refractivity contribution in [2.75, 3.05) is 20.8 Å². The molecule has 2 N–H and O–H groups in total. The molecule has 0 radical (unpaired) electrons. The first kappa shape index (κ1) is 13.0. The van der Waals surface area contributed by atoms with Gasteiger partial charge in [-0.15, -0.1) is 0 Å². The van der Waals surface area contributed by atoms with Crippen LogP contribution in [0.3, 0.4) is 0 Å². The Balaban J connectivity index is 3.13. The second-order valence-corrected chi connectivity index (χ2v) is 4.03. The average Bonchev–Trinajstić information content (AvgIpc) is 2.29. The largest absolute Gasteiger partial charge is 0.496 e. The Labute approximate surface area is 97.4 Å². The summed E-state index contributed by atoms with van der Waals surface area (Å²) in [6.07, 6.45) is 0.690. The molecule has 1 rings (SSSR count). The molecule has 0 aromatic heterocycles. The number of ether oxygens (including phenoxy) is 1. The van der Waals surface area contributed by atoms with E-state index in [9.17, 15) is 0 Å². The molecule has 1 atom stereocenters. The molecule has 1 aromatic rings. The van der Waals surface area contributed by atoms with Gasteiger partial charge in [0.15, 0.2) is 0 Å². The van der Waals surface area contributed by atoms with Gasteiger partial charge in [-0.2, -0.15) is 0 Å². The van der Waals surface area contributed by atoms with Crippen LogP contribution in [-0.2, 0) is 0 Å². The molecule has 0 bridgehead atoms. The van der Waals surface area contributed by atoms with E-state index in [1.165, 1.54) is 11.1 Å². The summed E-state index contributed by atoms with van der Waals surface area (Å²) in [5.41, 5.74) is 3.58. The van der Waals surface area contributed by atoms with E-state index in [0.29, 0.717) is 6.42 Å². The highest BCUT2D eigenvalue weighted by Crippen LogP contribution is 2.29. The number of rotatable bonds is 5. The minimum atomic E-state index is 0.138. The van der Waals surface area contributed by atoms with Gasteiger partial charge in [-0.3, -0.25) is 0 Å². The number of hydrogen-bond donors (Lipinski definition) is 2. The van der Waals surface area contributed by atoms with Crippen LogP contribution < -0.4 is 10.1 Å². The van der Waals surface area contributed by atoms with Gasteiger partial charge in [0.25, 0.3) is 0 Å². The van der Waals surface area contributed by atoms with Crippen molar-refractivity contribution in [2.45, 2.75) is 26.3 Å². The highest BCUT2D eigenvalue weighted by atomic mass is 16.5. The fourth-order valence-corrected chi connectivity index (χ4v) is 1.85. The molecule has 0 aliphatic rings. The number of aliphatic hydroxyl groups is 1. The molecule has 90 valence electrons. The van der Waals surface area contributed by atoms with E-state index in [-0.39, 0.29) is 12.6 Å². The number of aryl methyl sites for hydroxylation is 2. The first-order chi connectivity index (χ1) is 7.63. The molecule has 0 saturated carbocycles. The van der Waals surface area contributed by atoms with Crippen molar-refractivity contribution >= 4 is 0 Å². The van der Waals surface area contributed by atoms with E-state index in [2.05, 4.69) is 25.2 Å². The summed E-state index contributed by atoms with van der Waals surface area (Å²) in [5.74, 6) is 0.885. The zero-order valence-corrected chi connectivity index (χ0v) is 10.5. The zero-order valence-electron chi connectivity index (χ0n) is 10.5. The van der Waals surface area contributed by atoms with Crippen molar-refractivity contribution in [3.63, 3.8) is 0 Å². The lowest BCUT2D eigenvalue weighted by atomic mass is 9.98. The van der Waals surface area contributed by atoms with E-state index in [4.69, 9.17) is 9.84 Å². The van der Waals surface area contributed by atoms with Gasteiger partial charge in [0, 0.05) is 18.2 Å². The van der Waals surface area contributed by atoms with Crippen LogP contribution in [0.4, 0.5) is 0 Å². The highest BCUT2D eigenvalue weighted by Gasteiger charge is 2.15.